The summed E-state index contributed by atoms with van der Waals surface area (Å²) in [5.41, 5.74) is 3.36. The summed E-state index contributed by atoms with van der Waals surface area (Å²) in [5, 5.41) is 0. The van der Waals surface area contributed by atoms with Crippen LogP contribution in [0.3, 0.4) is 0 Å². The van der Waals surface area contributed by atoms with Gasteiger partial charge in [0.1, 0.15) is 5.82 Å². The number of anilines is 1. The van der Waals surface area contributed by atoms with Crippen LogP contribution in [0.4, 0.5) is 5.82 Å². The number of aromatic nitrogens is 3. The van der Waals surface area contributed by atoms with Gasteiger partial charge in [0, 0.05) is 50.7 Å². The van der Waals surface area contributed by atoms with Gasteiger partial charge in [-0.15, -0.1) is 0 Å². The number of rotatable bonds is 7. The molecular formula is C24H31N5O. The summed E-state index contributed by atoms with van der Waals surface area (Å²) in [6.45, 7) is 10.1. The lowest BCUT2D eigenvalue weighted by atomic mass is 10.2. The predicted octanol–water partition coefficient (Wildman–Crippen LogP) is 3.25. The van der Waals surface area contributed by atoms with E-state index >= 15 is 0 Å². The lowest BCUT2D eigenvalue weighted by molar-refractivity contribution is 0.249. The highest BCUT2D eigenvalue weighted by Gasteiger charge is 2.18. The molecule has 158 valence electrons. The molecule has 4 rings (SSSR count). The molecule has 0 radical (unpaired) electrons. The van der Waals surface area contributed by atoms with Gasteiger partial charge in [0.2, 0.25) is 0 Å². The van der Waals surface area contributed by atoms with Crippen molar-refractivity contribution in [2.45, 2.75) is 33.2 Å². The molecule has 0 amide bonds. The summed E-state index contributed by atoms with van der Waals surface area (Å²) in [6.07, 6.45) is 3.98. The first-order valence-electron chi connectivity index (χ1n) is 10.9. The fraction of sp³-hybridized carbons (Fsp3) is 0.417. The molecule has 0 N–H and O–H groups in total. The highest BCUT2D eigenvalue weighted by molar-refractivity contribution is 5.41. The van der Waals surface area contributed by atoms with Crippen LogP contribution in [0.25, 0.3) is 5.69 Å². The summed E-state index contributed by atoms with van der Waals surface area (Å²) in [6, 6.07) is 16.0. The minimum Gasteiger partial charge on any atom is -0.354 e. The first kappa shape index (κ1) is 20.4. The highest BCUT2D eigenvalue weighted by atomic mass is 16.1. The normalized spacial score (nSPS) is 14.9. The summed E-state index contributed by atoms with van der Waals surface area (Å²) in [4.78, 5) is 21.9. The van der Waals surface area contributed by atoms with Crippen LogP contribution in [0.1, 0.15) is 24.1 Å². The Morgan fingerprint density at radius 2 is 1.63 bits per heavy atom. The van der Waals surface area contributed by atoms with E-state index in [1.54, 1.807) is 6.07 Å². The van der Waals surface area contributed by atoms with Gasteiger partial charge < -0.3 is 4.90 Å². The number of unbranched alkanes of at least 4 members (excludes halogenated alkanes) is 1. The maximum Gasteiger partial charge on any atom is 0.267 e. The van der Waals surface area contributed by atoms with Crippen molar-refractivity contribution in [3.8, 4) is 5.69 Å². The van der Waals surface area contributed by atoms with Gasteiger partial charge in [-0.05, 0) is 63.1 Å². The molecule has 0 unspecified atom stereocenters. The monoisotopic (exact) mass is 405 g/mol. The summed E-state index contributed by atoms with van der Waals surface area (Å²) < 4.78 is 3.90. The molecular weight excluding hydrogens is 374 g/mol. The number of hydrogen-bond donors (Lipinski definition) is 0. The Bertz CT molecular complexity index is 1020. The van der Waals surface area contributed by atoms with Crippen molar-refractivity contribution >= 4 is 5.82 Å². The Kier molecular flexibility index (Phi) is 6.33. The Morgan fingerprint density at radius 3 is 2.37 bits per heavy atom. The average molecular weight is 406 g/mol. The zero-order valence-corrected chi connectivity index (χ0v) is 18.0. The van der Waals surface area contributed by atoms with Gasteiger partial charge in [-0.1, -0.05) is 18.2 Å². The molecule has 0 saturated carbocycles. The summed E-state index contributed by atoms with van der Waals surface area (Å²) >= 11 is 0. The minimum absolute atomic E-state index is 0.0793. The smallest absolute Gasteiger partial charge is 0.267 e. The van der Waals surface area contributed by atoms with E-state index in [1.165, 1.54) is 5.56 Å². The summed E-state index contributed by atoms with van der Waals surface area (Å²) in [5.74, 6) is 1.09. The largest absolute Gasteiger partial charge is 0.354 e. The summed E-state index contributed by atoms with van der Waals surface area (Å²) in [7, 11) is 0. The van der Waals surface area contributed by atoms with E-state index in [9.17, 15) is 4.79 Å². The van der Waals surface area contributed by atoms with Crippen LogP contribution >= 0.6 is 0 Å². The standard InChI is InChI=1S/C24H31N5O/c1-20-10-11-25-23(18-20)27-16-14-26(15-17-27)12-6-7-13-28-24(30)19-21(2)29(28)22-8-4-3-5-9-22/h3-5,8-11,18-19H,6-7,12-17H2,1-2H3. The number of nitrogens with zero attached hydrogens (tertiary/aromatic N) is 5. The number of pyridine rings is 1. The number of benzene rings is 1. The van der Waals surface area contributed by atoms with E-state index in [2.05, 4.69) is 27.8 Å². The molecule has 0 aliphatic carbocycles. The van der Waals surface area contributed by atoms with Gasteiger partial charge in [-0.25, -0.2) is 9.67 Å². The van der Waals surface area contributed by atoms with E-state index in [-0.39, 0.29) is 5.56 Å². The van der Waals surface area contributed by atoms with E-state index in [0.717, 1.165) is 69.3 Å². The molecule has 6 heteroatoms. The maximum atomic E-state index is 12.4. The lowest BCUT2D eigenvalue weighted by Crippen LogP contribution is -2.47. The molecule has 1 aliphatic rings. The molecule has 0 spiro atoms. The lowest BCUT2D eigenvalue weighted by Gasteiger charge is -2.35. The zero-order valence-electron chi connectivity index (χ0n) is 18.0. The minimum atomic E-state index is 0.0793. The van der Waals surface area contributed by atoms with Gasteiger partial charge in [0.05, 0.1) is 5.69 Å². The van der Waals surface area contributed by atoms with Crippen LogP contribution < -0.4 is 10.5 Å². The zero-order chi connectivity index (χ0) is 20.9. The molecule has 1 aromatic carbocycles. The van der Waals surface area contributed by atoms with Gasteiger partial charge in [-0.2, -0.15) is 0 Å². The molecule has 0 atom stereocenters. The Morgan fingerprint density at radius 1 is 0.900 bits per heavy atom. The van der Waals surface area contributed by atoms with E-state index in [0.29, 0.717) is 0 Å². The van der Waals surface area contributed by atoms with Gasteiger partial charge in [0.15, 0.2) is 0 Å². The third kappa shape index (κ3) is 4.65. The fourth-order valence-corrected chi connectivity index (χ4v) is 4.22. The van der Waals surface area contributed by atoms with Gasteiger partial charge in [-0.3, -0.25) is 14.4 Å². The first-order valence-corrected chi connectivity index (χ1v) is 10.9. The maximum absolute atomic E-state index is 12.4. The third-order valence-electron chi connectivity index (χ3n) is 5.85. The van der Waals surface area contributed by atoms with Crippen molar-refractivity contribution in [1.82, 2.24) is 19.2 Å². The number of piperazine rings is 1. The third-order valence-corrected chi connectivity index (χ3v) is 5.85. The van der Waals surface area contributed by atoms with Crippen LogP contribution in [-0.4, -0.2) is 52.0 Å². The molecule has 6 nitrogen and oxygen atoms in total. The SMILES string of the molecule is Cc1ccnc(N2CCN(CCCCn3c(=O)cc(C)n3-c3ccccc3)CC2)c1. The Balaban J connectivity index is 1.27. The van der Waals surface area contributed by atoms with Crippen LogP contribution in [0.5, 0.6) is 0 Å². The average Bonchev–Trinajstić information content (AvgIpc) is 3.05. The van der Waals surface area contributed by atoms with Crippen molar-refractivity contribution in [2.75, 3.05) is 37.6 Å². The highest BCUT2D eigenvalue weighted by Crippen LogP contribution is 2.15. The number of para-hydroxylation sites is 1. The van der Waals surface area contributed by atoms with E-state index < -0.39 is 0 Å². The van der Waals surface area contributed by atoms with Crippen molar-refractivity contribution in [1.29, 1.82) is 0 Å². The fourth-order valence-electron chi connectivity index (χ4n) is 4.22. The molecule has 30 heavy (non-hydrogen) atoms. The van der Waals surface area contributed by atoms with Crippen molar-refractivity contribution in [3.05, 3.63) is 76.3 Å². The molecule has 1 aliphatic heterocycles. The van der Waals surface area contributed by atoms with Crippen LogP contribution in [0.2, 0.25) is 0 Å². The molecule has 1 fully saturated rings. The Labute approximate surface area is 178 Å². The van der Waals surface area contributed by atoms with E-state index in [1.807, 2.05) is 58.9 Å². The number of aryl methyl sites for hydroxylation is 2. The second-order valence-electron chi connectivity index (χ2n) is 8.12. The second-order valence-corrected chi connectivity index (χ2v) is 8.12. The Hall–Kier alpha value is -2.86. The van der Waals surface area contributed by atoms with Crippen LogP contribution in [0.15, 0.2) is 59.5 Å². The second kappa shape index (κ2) is 9.30. The molecule has 1 saturated heterocycles. The van der Waals surface area contributed by atoms with Gasteiger partial charge in [0.25, 0.3) is 5.56 Å². The van der Waals surface area contributed by atoms with Crippen molar-refractivity contribution < 1.29 is 0 Å². The van der Waals surface area contributed by atoms with Crippen molar-refractivity contribution in [3.63, 3.8) is 0 Å². The molecule has 0 bridgehead atoms. The molecule has 3 heterocycles. The van der Waals surface area contributed by atoms with Crippen LogP contribution in [0, 0.1) is 13.8 Å². The number of hydrogen-bond acceptors (Lipinski definition) is 4. The molecule has 2 aromatic heterocycles. The predicted molar refractivity (Wildman–Crippen MR) is 122 cm³/mol. The van der Waals surface area contributed by atoms with Crippen molar-refractivity contribution in [2.24, 2.45) is 0 Å². The van der Waals surface area contributed by atoms with Crippen LogP contribution in [-0.2, 0) is 6.54 Å². The topological polar surface area (TPSA) is 46.3 Å². The quantitative estimate of drug-likeness (QED) is 0.566. The van der Waals surface area contributed by atoms with Gasteiger partial charge >= 0.3 is 0 Å². The van der Waals surface area contributed by atoms with E-state index in [4.69, 9.17) is 0 Å². The molecule has 3 aromatic rings. The first-order chi connectivity index (χ1) is 14.6.